The van der Waals surface area contributed by atoms with Crippen LogP contribution in [0.5, 0.6) is 0 Å². The first-order valence-corrected chi connectivity index (χ1v) is 6.37. The summed E-state index contributed by atoms with van der Waals surface area (Å²) >= 11 is 0. The van der Waals surface area contributed by atoms with E-state index >= 15 is 0 Å². The van der Waals surface area contributed by atoms with Crippen LogP contribution in [-0.2, 0) is 0 Å². The molecule has 1 fully saturated rings. The van der Waals surface area contributed by atoms with Crippen molar-refractivity contribution in [2.24, 2.45) is 16.8 Å². The number of nitrogens with one attached hydrogen (secondary N) is 1. The lowest BCUT2D eigenvalue weighted by Gasteiger charge is -2.13. The van der Waals surface area contributed by atoms with Crippen LogP contribution in [0.2, 0.25) is 0 Å². The number of rotatable bonds is 1. The fourth-order valence-corrected chi connectivity index (χ4v) is 2.26. The largest absolute Gasteiger partial charge is 0.373 e. The van der Waals surface area contributed by atoms with Gasteiger partial charge in [-0.15, -0.1) is 0 Å². The Morgan fingerprint density at radius 3 is 3.25 bits per heavy atom. The maximum Gasteiger partial charge on any atom is 0.0830 e. The number of hydrogen-bond acceptors (Lipinski definition) is 2. The van der Waals surface area contributed by atoms with E-state index in [0.29, 0.717) is 6.04 Å². The summed E-state index contributed by atoms with van der Waals surface area (Å²) < 4.78 is 0. The summed E-state index contributed by atoms with van der Waals surface area (Å²) in [6.45, 7) is 7.15. The summed E-state index contributed by atoms with van der Waals surface area (Å²) in [7, 11) is 0. The second-order valence-corrected chi connectivity index (χ2v) is 5.03. The Hall–Kier alpha value is -1.05. The molecule has 1 saturated carbocycles. The summed E-state index contributed by atoms with van der Waals surface area (Å²) in [6.07, 6.45) is 11.4. The van der Waals surface area contributed by atoms with Gasteiger partial charge >= 0.3 is 0 Å². The maximum absolute atomic E-state index is 4.37. The van der Waals surface area contributed by atoms with Crippen molar-refractivity contribution in [3.8, 4) is 0 Å². The molecule has 2 aliphatic rings. The first-order valence-electron chi connectivity index (χ1n) is 6.37. The summed E-state index contributed by atoms with van der Waals surface area (Å²) in [6, 6.07) is 0.632. The molecule has 0 aromatic rings. The van der Waals surface area contributed by atoms with Gasteiger partial charge in [-0.05, 0) is 31.1 Å². The average molecular weight is 218 g/mol. The highest BCUT2D eigenvalue weighted by molar-refractivity contribution is 5.56. The van der Waals surface area contributed by atoms with Gasteiger partial charge in [0.2, 0.25) is 0 Å². The van der Waals surface area contributed by atoms with Crippen molar-refractivity contribution in [2.45, 2.75) is 38.6 Å². The van der Waals surface area contributed by atoms with Gasteiger partial charge in [0.1, 0.15) is 0 Å². The third-order valence-corrected chi connectivity index (χ3v) is 3.54. The van der Waals surface area contributed by atoms with Crippen LogP contribution < -0.4 is 5.32 Å². The van der Waals surface area contributed by atoms with Crippen molar-refractivity contribution in [3.05, 3.63) is 24.3 Å². The van der Waals surface area contributed by atoms with E-state index in [0.717, 1.165) is 24.8 Å². The van der Waals surface area contributed by atoms with Crippen LogP contribution in [0.4, 0.5) is 0 Å². The lowest BCUT2D eigenvalue weighted by Crippen LogP contribution is -2.16. The Morgan fingerprint density at radius 1 is 1.56 bits per heavy atom. The summed E-state index contributed by atoms with van der Waals surface area (Å²) in [4.78, 5) is 4.37. The van der Waals surface area contributed by atoms with Crippen LogP contribution in [-0.4, -0.2) is 18.9 Å². The molecule has 16 heavy (non-hydrogen) atoms. The average Bonchev–Trinajstić information content (AvgIpc) is 3.00. The number of fused-ring (bicyclic) bond motifs is 1. The molecule has 0 saturated heterocycles. The molecular formula is C14H22N2. The zero-order chi connectivity index (χ0) is 11.4. The standard InChI is InChI=1S/C14H22N2/c1-3-12-5-4-6-13-8-14(13)16-10-15-9-11(2)7-12/h4,6,10,12-14H,2-3,5,7-9H2,1H3,(H,15,16)/b6-4-/t12?,13?,14-/m1/s1. The van der Waals surface area contributed by atoms with Gasteiger partial charge < -0.3 is 5.32 Å². The quantitative estimate of drug-likeness (QED) is 0.672. The summed E-state index contributed by atoms with van der Waals surface area (Å²) in [5, 5.41) is 3.34. The van der Waals surface area contributed by atoms with Gasteiger partial charge in [-0.2, -0.15) is 0 Å². The lowest BCUT2D eigenvalue weighted by atomic mass is 9.94. The van der Waals surface area contributed by atoms with Crippen molar-refractivity contribution in [1.29, 1.82) is 0 Å². The van der Waals surface area contributed by atoms with E-state index in [1.807, 2.05) is 6.34 Å². The SMILES string of the molecule is C=C1CN=CN[C@@H]2CC2/C=C\CC(CC)C1. The van der Waals surface area contributed by atoms with Crippen molar-refractivity contribution in [1.82, 2.24) is 5.32 Å². The predicted molar refractivity (Wildman–Crippen MR) is 69.7 cm³/mol. The Labute approximate surface area is 98.5 Å². The molecule has 1 aliphatic heterocycles. The second kappa shape index (κ2) is 5.33. The summed E-state index contributed by atoms with van der Waals surface area (Å²) in [5.74, 6) is 1.50. The molecular weight excluding hydrogens is 196 g/mol. The second-order valence-electron chi connectivity index (χ2n) is 5.03. The number of hydrogen-bond donors (Lipinski definition) is 1. The van der Waals surface area contributed by atoms with Crippen LogP contribution in [0, 0.1) is 11.8 Å². The van der Waals surface area contributed by atoms with Crippen molar-refractivity contribution >= 4 is 6.34 Å². The smallest absolute Gasteiger partial charge is 0.0830 e. The van der Waals surface area contributed by atoms with Gasteiger partial charge in [-0.1, -0.05) is 37.6 Å². The fraction of sp³-hybridized carbons (Fsp3) is 0.643. The van der Waals surface area contributed by atoms with Crippen LogP contribution in [0.25, 0.3) is 0 Å². The van der Waals surface area contributed by atoms with Crippen molar-refractivity contribution in [3.63, 3.8) is 0 Å². The minimum atomic E-state index is 0.632. The normalized spacial score (nSPS) is 36.6. The van der Waals surface area contributed by atoms with Crippen LogP contribution >= 0.6 is 0 Å². The number of aliphatic imine (C=N–C) groups is 1. The molecule has 2 unspecified atom stereocenters. The van der Waals surface area contributed by atoms with Crippen LogP contribution in [0.3, 0.4) is 0 Å². The van der Waals surface area contributed by atoms with Crippen molar-refractivity contribution in [2.75, 3.05) is 6.54 Å². The van der Waals surface area contributed by atoms with E-state index in [1.165, 1.54) is 24.8 Å². The van der Waals surface area contributed by atoms with Crippen LogP contribution in [0.1, 0.15) is 32.6 Å². The molecule has 0 radical (unpaired) electrons. The molecule has 2 nitrogen and oxygen atoms in total. The van der Waals surface area contributed by atoms with Gasteiger partial charge in [-0.25, -0.2) is 0 Å². The van der Waals surface area contributed by atoms with Gasteiger partial charge in [0.25, 0.3) is 0 Å². The molecule has 1 aliphatic carbocycles. The lowest BCUT2D eigenvalue weighted by molar-refractivity contribution is 0.508. The van der Waals surface area contributed by atoms with Gasteiger partial charge in [0.15, 0.2) is 0 Å². The summed E-state index contributed by atoms with van der Waals surface area (Å²) in [5.41, 5.74) is 1.26. The molecule has 0 spiro atoms. The highest BCUT2D eigenvalue weighted by atomic mass is 15.0. The van der Waals surface area contributed by atoms with Gasteiger partial charge in [0, 0.05) is 6.04 Å². The Kier molecular flexibility index (Phi) is 3.81. The highest BCUT2D eigenvalue weighted by Crippen LogP contribution is 2.32. The molecule has 2 heteroatoms. The Morgan fingerprint density at radius 2 is 2.44 bits per heavy atom. The first kappa shape index (κ1) is 11.4. The predicted octanol–water partition coefficient (Wildman–Crippen LogP) is 2.93. The molecule has 0 bridgehead atoms. The van der Waals surface area contributed by atoms with Crippen molar-refractivity contribution < 1.29 is 0 Å². The van der Waals surface area contributed by atoms with E-state index in [4.69, 9.17) is 0 Å². The third-order valence-electron chi connectivity index (χ3n) is 3.54. The van der Waals surface area contributed by atoms with Gasteiger partial charge in [0.05, 0.1) is 12.9 Å². The van der Waals surface area contributed by atoms with E-state index in [9.17, 15) is 0 Å². The number of nitrogens with zero attached hydrogens (tertiary/aromatic N) is 1. The molecule has 88 valence electrons. The van der Waals surface area contributed by atoms with E-state index in [2.05, 4.69) is 36.0 Å². The first-order chi connectivity index (χ1) is 7.79. The monoisotopic (exact) mass is 218 g/mol. The molecule has 2 rings (SSSR count). The molecule has 0 amide bonds. The third kappa shape index (κ3) is 3.22. The molecule has 1 heterocycles. The Bertz CT molecular complexity index is 304. The topological polar surface area (TPSA) is 24.4 Å². The molecule has 1 N–H and O–H groups in total. The maximum atomic E-state index is 4.37. The fourth-order valence-electron chi connectivity index (χ4n) is 2.26. The number of allylic oxidation sites excluding steroid dienone is 1. The van der Waals surface area contributed by atoms with E-state index in [1.54, 1.807) is 0 Å². The van der Waals surface area contributed by atoms with Crippen LogP contribution in [0.15, 0.2) is 29.3 Å². The minimum Gasteiger partial charge on any atom is -0.373 e. The molecule has 0 aromatic carbocycles. The van der Waals surface area contributed by atoms with Gasteiger partial charge in [-0.3, -0.25) is 4.99 Å². The van der Waals surface area contributed by atoms with E-state index in [-0.39, 0.29) is 0 Å². The van der Waals surface area contributed by atoms with E-state index < -0.39 is 0 Å². The Balaban J connectivity index is 1.95. The minimum absolute atomic E-state index is 0.632. The molecule has 0 aromatic heterocycles. The zero-order valence-corrected chi connectivity index (χ0v) is 10.2. The highest BCUT2D eigenvalue weighted by Gasteiger charge is 2.33. The molecule has 3 atom stereocenters. The zero-order valence-electron chi connectivity index (χ0n) is 10.2.